The van der Waals surface area contributed by atoms with Crippen LogP contribution in [0.25, 0.3) is 0 Å². The lowest BCUT2D eigenvalue weighted by Gasteiger charge is -2.54. The van der Waals surface area contributed by atoms with Gasteiger partial charge in [-0.1, -0.05) is 29.3 Å². The smallest absolute Gasteiger partial charge is 0.227 e. The summed E-state index contributed by atoms with van der Waals surface area (Å²) in [6.07, 6.45) is 2.66. The Balaban J connectivity index is 1.57. The highest BCUT2D eigenvalue weighted by Crippen LogP contribution is 2.30. The van der Waals surface area contributed by atoms with Crippen molar-refractivity contribution in [2.75, 3.05) is 45.9 Å². The summed E-state index contributed by atoms with van der Waals surface area (Å²) < 4.78 is 5.99. The van der Waals surface area contributed by atoms with E-state index in [2.05, 4.69) is 9.80 Å². The summed E-state index contributed by atoms with van der Waals surface area (Å²) in [7, 11) is 0. The van der Waals surface area contributed by atoms with Crippen molar-refractivity contribution in [2.45, 2.75) is 44.3 Å². The van der Waals surface area contributed by atoms with Crippen LogP contribution in [0.1, 0.15) is 25.3 Å². The summed E-state index contributed by atoms with van der Waals surface area (Å²) in [5.41, 5.74) is 0.863. The lowest BCUT2D eigenvalue weighted by Crippen LogP contribution is -2.71. The van der Waals surface area contributed by atoms with Gasteiger partial charge >= 0.3 is 0 Å². The molecule has 3 aliphatic heterocycles. The minimum absolute atomic E-state index is 0.0280. The SMILES string of the molecule is CC(=O)CN1CCN(C(=O)Cc2ccc(Cl)c(Cl)c2)[C@H]2[C@H]1COC[C@@H]2N1CCCC1. The summed E-state index contributed by atoms with van der Waals surface area (Å²) in [6.45, 7) is 6.61. The maximum Gasteiger partial charge on any atom is 0.227 e. The molecule has 0 saturated carbocycles. The number of halogens is 2. The van der Waals surface area contributed by atoms with Gasteiger partial charge in [0.15, 0.2) is 0 Å². The van der Waals surface area contributed by atoms with Crippen LogP contribution in [0, 0.1) is 0 Å². The van der Waals surface area contributed by atoms with E-state index in [1.165, 1.54) is 12.8 Å². The summed E-state index contributed by atoms with van der Waals surface area (Å²) >= 11 is 12.2. The van der Waals surface area contributed by atoms with Crippen molar-refractivity contribution < 1.29 is 14.3 Å². The Hall–Kier alpha value is -1.18. The number of benzene rings is 1. The molecule has 4 rings (SSSR count). The van der Waals surface area contributed by atoms with Gasteiger partial charge in [0.2, 0.25) is 5.91 Å². The zero-order chi connectivity index (χ0) is 21.3. The van der Waals surface area contributed by atoms with Gasteiger partial charge < -0.3 is 9.64 Å². The Kier molecular flexibility index (Phi) is 7.00. The molecule has 0 N–H and O–H groups in total. The molecule has 3 saturated heterocycles. The van der Waals surface area contributed by atoms with Gasteiger partial charge in [0.05, 0.1) is 54.4 Å². The third-order valence-corrected chi connectivity index (χ3v) is 7.26. The van der Waals surface area contributed by atoms with E-state index in [1.54, 1.807) is 19.1 Å². The highest BCUT2D eigenvalue weighted by atomic mass is 35.5. The number of nitrogens with zero attached hydrogens (tertiary/aromatic N) is 3. The van der Waals surface area contributed by atoms with E-state index in [9.17, 15) is 9.59 Å². The molecule has 30 heavy (non-hydrogen) atoms. The van der Waals surface area contributed by atoms with Crippen LogP contribution in [-0.2, 0) is 20.7 Å². The van der Waals surface area contributed by atoms with E-state index >= 15 is 0 Å². The first-order chi connectivity index (χ1) is 14.4. The molecule has 0 spiro atoms. The van der Waals surface area contributed by atoms with Crippen LogP contribution in [0.3, 0.4) is 0 Å². The maximum atomic E-state index is 13.4. The van der Waals surface area contributed by atoms with Gasteiger partial charge in [-0.25, -0.2) is 0 Å². The highest BCUT2D eigenvalue weighted by Gasteiger charge is 2.47. The molecule has 3 atom stereocenters. The van der Waals surface area contributed by atoms with Gasteiger partial charge in [-0.15, -0.1) is 0 Å². The van der Waals surface area contributed by atoms with E-state index < -0.39 is 0 Å². The van der Waals surface area contributed by atoms with E-state index in [-0.39, 0.29) is 29.8 Å². The van der Waals surface area contributed by atoms with Crippen LogP contribution in [0.15, 0.2) is 18.2 Å². The number of likely N-dealkylation sites (tertiary alicyclic amines) is 1. The van der Waals surface area contributed by atoms with Crippen molar-refractivity contribution in [1.82, 2.24) is 14.7 Å². The first kappa shape index (κ1) is 22.0. The Morgan fingerprint density at radius 2 is 1.77 bits per heavy atom. The Morgan fingerprint density at radius 3 is 2.47 bits per heavy atom. The van der Waals surface area contributed by atoms with Crippen molar-refractivity contribution >= 4 is 34.9 Å². The number of amides is 1. The molecule has 0 radical (unpaired) electrons. The first-order valence-electron chi connectivity index (χ1n) is 10.7. The number of rotatable bonds is 5. The van der Waals surface area contributed by atoms with Gasteiger partial charge in [0, 0.05) is 13.1 Å². The molecule has 6 nitrogen and oxygen atoms in total. The lowest BCUT2D eigenvalue weighted by atomic mass is 9.90. The number of carbonyl (C=O) groups excluding carboxylic acids is 2. The summed E-state index contributed by atoms with van der Waals surface area (Å²) in [6, 6.07) is 5.60. The molecule has 1 aromatic carbocycles. The molecular weight excluding hydrogens is 425 g/mol. The minimum Gasteiger partial charge on any atom is -0.378 e. The van der Waals surface area contributed by atoms with Crippen molar-refractivity contribution in [3.63, 3.8) is 0 Å². The number of fused-ring (bicyclic) bond motifs is 1. The fourth-order valence-electron chi connectivity index (χ4n) is 5.14. The van der Waals surface area contributed by atoms with Crippen LogP contribution in [0.4, 0.5) is 0 Å². The van der Waals surface area contributed by atoms with E-state index in [0.29, 0.717) is 49.3 Å². The number of carbonyl (C=O) groups is 2. The second-order valence-electron chi connectivity index (χ2n) is 8.59. The van der Waals surface area contributed by atoms with Gasteiger partial charge in [-0.2, -0.15) is 0 Å². The molecule has 8 heteroatoms. The van der Waals surface area contributed by atoms with E-state index in [1.807, 2.05) is 11.0 Å². The second-order valence-corrected chi connectivity index (χ2v) is 9.41. The predicted octanol–water partition coefficient (Wildman–Crippen LogP) is 2.50. The highest BCUT2D eigenvalue weighted by molar-refractivity contribution is 6.42. The Bertz CT molecular complexity index is 800. The molecule has 1 aromatic rings. The second kappa shape index (κ2) is 9.53. The molecule has 3 heterocycles. The number of ketones is 1. The average Bonchev–Trinajstić information content (AvgIpc) is 3.25. The quantitative estimate of drug-likeness (QED) is 0.685. The normalized spacial score (nSPS) is 27.8. The van der Waals surface area contributed by atoms with Crippen molar-refractivity contribution in [3.8, 4) is 0 Å². The molecule has 0 unspecified atom stereocenters. The van der Waals surface area contributed by atoms with Crippen molar-refractivity contribution in [2.24, 2.45) is 0 Å². The average molecular weight is 454 g/mol. The van der Waals surface area contributed by atoms with Crippen LogP contribution in [0.5, 0.6) is 0 Å². The standard InChI is InChI=1S/C22H29Cl2N3O3/c1-15(28)12-26-8-9-27(21(29)11-16-4-5-17(23)18(24)10-16)22-19(13-30-14-20(22)26)25-6-2-3-7-25/h4-5,10,19-20,22H,2-3,6-9,11-14H2,1H3/t19-,20+,22+/m0/s1. The minimum atomic E-state index is 0.0280. The summed E-state index contributed by atoms with van der Waals surface area (Å²) in [4.78, 5) is 32.0. The first-order valence-corrected chi connectivity index (χ1v) is 11.5. The molecule has 1 amide bonds. The fraction of sp³-hybridized carbons (Fsp3) is 0.636. The van der Waals surface area contributed by atoms with Crippen LogP contribution >= 0.6 is 23.2 Å². The number of Topliss-reactive ketones (excluding diaryl/α,β-unsaturated/α-hetero) is 1. The molecule has 0 aromatic heterocycles. The van der Waals surface area contributed by atoms with Crippen LogP contribution in [0.2, 0.25) is 10.0 Å². The Morgan fingerprint density at radius 1 is 1.03 bits per heavy atom. The third kappa shape index (κ3) is 4.68. The fourth-order valence-corrected chi connectivity index (χ4v) is 5.47. The zero-order valence-electron chi connectivity index (χ0n) is 17.4. The number of hydrogen-bond acceptors (Lipinski definition) is 5. The van der Waals surface area contributed by atoms with Crippen molar-refractivity contribution in [3.05, 3.63) is 33.8 Å². The topological polar surface area (TPSA) is 53.1 Å². The van der Waals surface area contributed by atoms with Gasteiger partial charge in [0.1, 0.15) is 5.78 Å². The van der Waals surface area contributed by atoms with Gasteiger partial charge in [-0.3, -0.25) is 19.4 Å². The van der Waals surface area contributed by atoms with Crippen LogP contribution in [-0.4, -0.2) is 90.5 Å². The van der Waals surface area contributed by atoms with Crippen molar-refractivity contribution in [1.29, 1.82) is 0 Å². The Labute approximate surface area is 188 Å². The summed E-state index contributed by atoms with van der Waals surface area (Å²) in [5.74, 6) is 0.240. The van der Waals surface area contributed by atoms with Crippen LogP contribution < -0.4 is 0 Å². The molecule has 3 aliphatic rings. The molecule has 0 aliphatic carbocycles. The number of ether oxygens (including phenoxy) is 1. The zero-order valence-corrected chi connectivity index (χ0v) is 18.9. The molecular formula is C22H29Cl2N3O3. The monoisotopic (exact) mass is 453 g/mol. The summed E-state index contributed by atoms with van der Waals surface area (Å²) in [5, 5.41) is 0.955. The maximum absolute atomic E-state index is 13.4. The number of piperazine rings is 1. The third-order valence-electron chi connectivity index (χ3n) is 6.52. The van der Waals surface area contributed by atoms with Gasteiger partial charge in [0.25, 0.3) is 0 Å². The lowest BCUT2D eigenvalue weighted by molar-refractivity contribution is -0.153. The number of hydrogen-bond donors (Lipinski definition) is 0. The molecule has 3 fully saturated rings. The molecule has 0 bridgehead atoms. The predicted molar refractivity (Wildman–Crippen MR) is 117 cm³/mol. The van der Waals surface area contributed by atoms with Gasteiger partial charge in [-0.05, 0) is 50.6 Å². The van der Waals surface area contributed by atoms with E-state index in [0.717, 1.165) is 18.7 Å². The van der Waals surface area contributed by atoms with E-state index in [4.69, 9.17) is 27.9 Å². The molecule has 164 valence electrons. The largest absolute Gasteiger partial charge is 0.378 e.